The van der Waals surface area contributed by atoms with Gasteiger partial charge in [-0.15, -0.1) is 11.3 Å². The molecule has 0 saturated heterocycles. The van der Waals surface area contributed by atoms with E-state index in [4.69, 9.17) is 12.2 Å². The molecule has 0 atom stereocenters. The topological polar surface area (TPSA) is 71.4 Å². The molecule has 0 aliphatic carbocycles. The molecule has 0 aliphatic rings. The van der Waals surface area contributed by atoms with Crippen molar-refractivity contribution in [1.82, 2.24) is 24.7 Å². The van der Waals surface area contributed by atoms with Gasteiger partial charge in [-0.1, -0.05) is 0 Å². The molecule has 0 spiro atoms. The van der Waals surface area contributed by atoms with Gasteiger partial charge in [0.2, 0.25) is 0 Å². The number of thiophene rings is 1. The number of rotatable bonds is 5. The molecule has 3 rings (SSSR count). The molecule has 0 unspecified atom stereocenters. The molecule has 3 aromatic heterocycles. The molecular formula is C12H14N6S2. The molecule has 0 fully saturated rings. The third kappa shape index (κ3) is 2.44. The van der Waals surface area contributed by atoms with Crippen LogP contribution in [0.25, 0.3) is 10.2 Å². The molecule has 8 heteroatoms. The lowest BCUT2D eigenvalue weighted by Crippen LogP contribution is -2.11. The molecule has 0 saturated carbocycles. The van der Waals surface area contributed by atoms with Gasteiger partial charge in [0.05, 0.1) is 5.39 Å². The molecular weight excluding hydrogens is 292 g/mol. The molecule has 104 valence electrons. The zero-order chi connectivity index (χ0) is 13.9. The third-order valence-corrected chi connectivity index (χ3v) is 4.19. The van der Waals surface area contributed by atoms with Gasteiger partial charge in [-0.05, 0) is 30.6 Å². The lowest BCUT2D eigenvalue weighted by Gasteiger charge is -2.06. The standard InChI is InChI=1S/C12H14N6S2/c1-2-18-9(16-17-12(18)19)3-5-13-10-8-4-6-20-11(8)15-7-14-10/h4,6-7H,2-3,5H2,1H3,(H,17,19)(H,13,14,15). The van der Waals surface area contributed by atoms with Crippen molar-refractivity contribution in [3.05, 3.63) is 28.4 Å². The summed E-state index contributed by atoms with van der Waals surface area (Å²) < 4.78 is 2.67. The number of fused-ring (bicyclic) bond motifs is 1. The molecule has 0 amide bonds. The van der Waals surface area contributed by atoms with E-state index in [0.29, 0.717) is 4.77 Å². The maximum absolute atomic E-state index is 5.17. The highest BCUT2D eigenvalue weighted by molar-refractivity contribution is 7.71. The lowest BCUT2D eigenvalue weighted by molar-refractivity contribution is 0.690. The highest BCUT2D eigenvalue weighted by Gasteiger charge is 2.06. The largest absolute Gasteiger partial charge is 0.369 e. The van der Waals surface area contributed by atoms with Gasteiger partial charge < -0.3 is 9.88 Å². The van der Waals surface area contributed by atoms with E-state index in [9.17, 15) is 0 Å². The van der Waals surface area contributed by atoms with E-state index in [1.54, 1.807) is 17.7 Å². The number of nitrogens with zero attached hydrogens (tertiary/aromatic N) is 4. The fraction of sp³-hybridized carbons (Fsp3) is 0.333. The molecule has 20 heavy (non-hydrogen) atoms. The van der Waals surface area contributed by atoms with Crippen LogP contribution in [0.5, 0.6) is 0 Å². The smallest absolute Gasteiger partial charge is 0.195 e. The summed E-state index contributed by atoms with van der Waals surface area (Å²) in [6, 6.07) is 2.03. The number of aromatic amines is 1. The Kier molecular flexibility index (Phi) is 3.75. The summed E-state index contributed by atoms with van der Waals surface area (Å²) in [5.41, 5.74) is 0. The molecule has 0 radical (unpaired) electrons. The molecule has 0 aliphatic heterocycles. The monoisotopic (exact) mass is 306 g/mol. The van der Waals surface area contributed by atoms with Crippen molar-refractivity contribution in [2.24, 2.45) is 0 Å². The summed E-state index contributed by atoms with van der Waals surface area (Å²) in [7, 11) is 0. The van der Waals surface area contributed by atoms with Gasteiger partial charge in [0.15, 0.2) is 4.77 Å². The van der Waals surface area contributed by atoms with E-state index in [-0.39, 0.29) is 0 Å². The van der Waals surface area contributed by atoms with Crippen LogP contribution in [-0.2, 0) is 13.0 Å². The van der Waals surface area contributed by atoms with Gasteiger partial charge in [0, 0.05) is 19.5 Å². The number of nitrogens with one attached hydrogen (secondary N) is 2. The normalized spacial score (nSPS) is 11.1. The van der Waals surface area contributed by atoms with E-state index >= 15 is 0 Å². The molecule has 0 aromatic carbocycles. The van der Waals surface area contributed by atoms with Crippen molar-refractivity contribution in [3.8, 4) is 0 Å². The SMILES string of the molecule is CCn1c(CCNc2ncnc3sccc23)n[nH]c1=S. The Labute approximate surface area is 124 Å². The molecule has 6 nitrogen and oxygen atoms in total. The van der Waals surface area contributed by atoms with Gasteiger partial charge in [-0.25, -0.2) is 9.97 Å². The molecule has 3 heterocycles. The number of H-pyrrole nitrogens is 1. The fourth-order valence-electron chi connectivity index (χ4n) is 2.09. The number of anilines is 1. The summed E-state index contributed by atoms with van der Waals surface area (Å²) in [6.07, 6.45) is 2.37. The Morgan fingerprint density at radius 1 is 1.45 bits per heavy atom. The van der Waals surface area contributed by atoms with Crippen molar-refractivity contribution >= 4 is 39.6 Å². The predicted octanol–water partition coefficient (Wildman–Crippen LogP) is 2.62. The summed E-state index contributed by atoms with van der Waals surface area (Å²) in [5, 5.41) is 13.5. The van der Waals surface area contributed by atoms with Crippen LogP contribution in [0.3, 0.4) is 0 Å². The zero-order valence-corrected chi connectivity index (χ0v) is 12.6. The van der Waals surface area contributed by atoms with Crippen LogP contribution in [0.2, 0.25) is 0 Å². The summed E-state index contributed by atoms with van der Waals surface area (Å²) in [6.45, 7) is 3.64. The minimum absolute atomic E-state index is 0.671. The van der Waals surface area contributed by atoms with Crippen molar-refractivity contribution in [2.45, 2.75) is 19.9 Å². The van der Waals surface area contributed by atoms with Crippen molar-refractivity contribution < 1.29 is 0 Å². The predicted molar refractivity (Wildman–Crippen MR) is 82.7 cm³/mol. The van der Waals surface area contributed by atoms with Crippen LogP contribution < -0.4 is 5.32 Å². The average Bonchev–Trinajstić information content (AvgIpc) is 3.06. The molecule has 3 aromatic rings. The highest BCUT2D eigenvalue weighted by Crippen LogP contribution is 2.23. The van der Waals surface area contributed by atoms with E-state index < -0.39 is 0 Å². The number of hydrogen-bond donors (Lipinski definition) is 2. The van der Waals surface area contributed by atoms with Gasteiger partial charge in [0.1, 0.15) is 22.8 Å². The first-order chi connectivity index (χ1) is 9.79. The van der Waals surface area contributed by atoms with Gasteiger partial charge in [-0.3, -0.25) is 5.10 Å². The average molecular weight is 306 g/mol. The Morgan fingerprint density at radius 2 is 2.35 bits per heavy atom. The minimum Gasteiger partial charge on any atom is -0.369 e. The van der Waals surface area contributed by atoms with Gasteiger partial charge >= 0.3 is 0 Å². The second kappa shape index (κ2) is 5.68. The minimum atomic E-state index is 0.671. The second-order valence-corrected chi connectivity index (χ2v) is 5.51. The summed E-state index contributed by atoms with van der Waals surface area (Å²) >= 11 is 6.79. The van der Waals surface area contributed by atoms with E-state index in [2.05, 4.69) is 32.4 Å². The van der Waals surface area contributed by atoms with Crippen LogP contribution in [0.4, 0.5) is 5.82 Å². The quantitative estimate of drug-likeness (QED) is 0.709. The molecule has 2 N–H and O–H groups in total. The van der Waals surface area contributed by atoms with Crippen LogP contribution >= 0.6 is 23.6 Å². The Hall–Kier alpha value is -1.80. The Balaban J connectivity index is 1.71. The first-order valence-electron chi connectivity index (χ1n) is 6.35. The lowest BCUT2D eigenvalue weighted by atomic mass is 10.3. The number of hydrogen-bond acceptors (Lipinski definition) is 6. The third-order valence-electron chi connectivity index (χ3n) is 3.06. The van der Waals surface area contributed by atoms with Crippen molar-refractivity contribution in [1.29, 1.82) is 0 Å². The second-order valence-electron chi connectivity index (χ2n) is 4.23. The van der Waals surface area contributed by atoms with E-state index in [0.717, 1.165) is 41.4 Å². The van der Waals surface area contributed by atoms with E-state index in [1.807, 2.05) is 16.0 Å². The van der Waals surface area contributed by atoms with Gasteiger partial charge in [-0.2, -0.15) is 5.10 Å². The first kappa shape index (κ1) is 13.2. The number of aromatic nitrogens is 5. The maximum Gasteiger partial charge on any atom is 0.195 e. The highest BCUT2D eigenvalue weighted by atomic mass is 32.1. The Bertz CT molecular complexity index is 771. The molecule has 0 bridgehead atoms. The van der Waals surface area contributed by atoms with Crippen LogP contribution in [0.1, 0.15) is 12.7 Å². The van der Waals surface area contributed by atoms with Crippen LogP contribution in [-0.4, -0.2) is 31.3 Å². The zero-order valence-electron chi connectivity index (χ0n) is 11.0. The van der Waals surface area contributed by atoms with Crippen LogP contribution in [0, 0.1) is 4.77 Å². The Morgan fingerprint density at radius 3 is 3.20 bits per heavy atom. The summed E-state index contributed by atoms with van der Waals surface area (Å²) in [4.78, 5) is 9.52. The first-order valence-corrected chi connectivity index (χ1v) is 7.64. The van der Waals surface area contributed by atoms with Crippen LogP contribution in [0.15, 0.2) is 17.8 Å². The van der Waals surface area contributed by atoms with Crippen molar-refractivity contribution in [3.63, 3.8) is 0 Å². The summed E-state index contributed by atoms with van der Waals surface area (Å²) in [5.74, 6) is 1.83. The fourth-order valence-corrected chi connectivity index (χ4v) is 3.10. The van der Waals surface area contributed by atoms with Gasteiger partial charge in [0.25, 0.3) is 0 Å². The van der Waals surface area contributed by atoms with Crippen molar-refractivity contribution in [2.75, 3.05) is 11.9 Å². The van der Waals surface area contributed by atoms with E-state index in [1.165, 1.54) is 0 Å². The maximum atomic E-state index is 5.17.